The van der Waals surface area contributed by atoms with E-state index in [0.29, 0.717) is 24.3 Å². The number of nitrogens with zero attached hydrogens (tertiary/aromatic N) is 2. The Morgan fingerprint density at radius 1 is 1.04 bits per heavy atom. The van der Waals surface area contributed by atoms with E-state index in [2.05, 4.69) is 10.4 Å². The quantitative estimate of drug-likeness (QED) is 0.662. The molecule has 0 saturated heterocycles. The predicted molar refractivity (Wildman–Crippen MR) is 111 cm³/mol. The number of hydrogen-bond donors (Lipinski definition) is 1. The summed E-state index contributed by atoms with van der Waals surface area (Å²) in [4.78, 5) is 13.3. The smallest absolute Gasteiger partial charge is 0.291 e. The molecular formula is C21H23N3O3S. The molecule has 146 valence electrons. The number of aromatic nitrogens is 2. The lowest BCUT2D eigenvalue weighted by atomic mass is 10.1. The zero-order valence-corrected chi connectivity index (χ0v) is 16.7. The molecular weight excluding hydrogens is 374 g/mol. The summed E-state index contributed by atoms with van der Waals surface area (Å²) in [5, 5.41) is 7.54. The number of rotatable bonds is 7. The number of hydrogen-bond acceptors (Lipinski definition) is 5. The third kappa shape index (κ3) is 4.48. The topological polar surface area (TPSA) is 81.1 Å². The van der Waals surface area contributed by atoms with Gasteiger partial charge in [0.25, 0.3) is 5.56 Å². The van der Waals surface area contributed by atoms with Crippen molar-refractivity contribution in [3.8, 4) is 11.1 Å². The van der Waals surface area contributed by atoms with Crippen LogP contribution < -0.4 is 10.9 Å². The number of anilines is 1. The molecule has 7 heteroatoms. The second-order valence-corrected chi connectivity index (χ2v) is 8.62. The van der Waals surface area contributed by atoms with E-state index in [0.717, 1.165) is 17.5 Å². The van der Waals surface area contributed by atoms with E-state index < -0.39 is 9.84 Å². The predicted octanol–water partition coefficient (Wildman–Crippen LogP) is 3.18. The van der Waals surface area contributed by atoms with Crippen LogP contribution in [0.4, 0.5) is 5.69 Å². The van der Waals surface area contributed by atoms with Crippen LogP contribution in [0.2, 0.25) is 0 Å². The largest absolute Gasteiger partial charge is 0.380 e. The van der Waals surface area contributed by atoms with Crippen LogP contribution in [0.5, 0.6) is 0 Å². The molecule has 1 N–H and O–H groups in total. The molecule has 0 amide bonds. The van der Waals surface area contributed by atoms with Crippen molar-refractivity contribution in [2.75, 3.05) is 18.1 Å². The highest BCUT2D eigenvalue weighted by Gasteiger charge is 2.14. The molecule has 0 aliphatic carbocycles. The van der Waals surface area contributed by atoms with Crippen LogP contribution in [0.3, 0.4) is 0 Å². The van der Waals surface area contributed by atoms with Crippen molar-refractivity contribution in [1.29, 1.82) is 0 Å². The van der Waals surface area contributed by atoms with Gasteiger partial charge < -0.3 is 5.32 Å². The number of sulfone groups is 1. The van der Waals surface area contributed by atoms with E-state index in [1.54, 1.807) is 30.5 Å². The molecule has 0 unspecified atom stereocenters. The third-order valence-electron chi connectivity index (χ3n) is 4.36. The first-order valence-corrected chi connectivity index (χ1v) is 11.0. The first kappa shape index (κ1) is 19.8. The second-order valence-electron chi connectivity index (χ2n) is 6.60. The van der Waals surface area contributed by atoms with Gasteiger partial charge in [-0.15, -0.1) is 0 Å². The van der Waals surface area contributed by atoms with Crippen LogP contribution in [0, 0.1) is 0 Å². The van der Waals surface area contributed by atoms with Crippen LogP contribution in [-0.2, 0) is 16.4 Å². The molecule has 0 spiro atoms. The maximum Gasteiger partial charge on any atom is 0.291 e. The Hall–Kier alpha value is -2.93. The Morgan fingerprint density at radius 3 is 2.32 bits per heavy atom. The normalized spacial score (nSPS) is 11.4. The molecule has 0 aliphatic heterocycles. The lowest BCUT2D eigenvalue weighted by molar-refractivity contribution is 0.602. The van der Waals surface area contributed by atoms with Crippen LogP contribution in [-0.4, -0.2) is 31.0 Å². The maximum atomic E-state index is 13.0. The first-order valence-electron chi connectivity index (χ1n) is 9.08. The average Bonchev–Trinajstić information content (AvgIpc) is 2.69. The summed E-state index contributed by atoms with van der Waals surface area (Å²) in [6, 6.07) is 16.2. The molecule has 3 aromatic rings. The van der Waals surface area contributed by atoms with Gasteiger partial charge in [0.1, 0.15) is 5.69 Å². The van der Waals surface area contributed by atoms with Gasteiger partial charge in [-0.25, -0.2) is 13.1 Å². The van der Waals surface area contributed by atoms with Gasteiger partial charge in [0.2, 0.25) is 0 Å². The van der Waals surface area contributed by atoms with Crippen molar-refractivity contribution < 1.29 is 8.42 Å². The van der Waals surface area contributed by atoms with E-state index in [-0.39, 0.29) is 10.5 Å². The van der Waals surface area contributed by atoms with E-state index in [1.165, 1.54) is 10.9 Å². The van der Waals surface area contributed by atoms with Gasteiger partial charge in [-0.2, -0.15) is 5.10 Å². The monoisotopic (exact) mass is 397 g/mol. The van der Waals surface area contributed by atoms with Gasteiger partial charge in [0.15, 0.2) is 9.84 Å². The van der Waals surface area contributed by atoms with Crippen molar-refractivity contribution in [2.45, 2.75) is 24.8 Å². The Morgan fingerprint density at radius 2 is 1.71 bits per heavy atom. The summed E-state index contributed by atoms with van der Waals surface area (Å²) >= 11 is 0. The van der Waals surface area contributed by atoms with Gasteiger partial charge in [0.05, 0.1) is 17.6 Å². The van der Waals surface area contributed by atoms with Crippen molar-refractivity contribution in [1.82, 2.24) is 9.78 Å². The molecule has 28 heavy (non-hydrogen) atoms. The molecule has 3 rings (SSSR count). The molecule has 0 saturated carbocycles. The summed E-state index contributed by atoms with van der Waals surface area (Å²) in [5.74, 6) is 0. The lowest BCUT2D eigenvalue weighted by Crippen LogP contribution is -2.27. The van der Waals surface area contributed by atoms with Gasteiger partial charge in [-0.3, -0.25) is 4.79 Å². The summed E-state index contributed by atoms with van der Waals surface area (Å²) in [5.41, 5.74) is 2.65. The Kier molecular flexibility index (Phi) is 5.94. The molecule has 0 fully saturated rings. The van der Waals surface area contributed by atoms with E-state index in [1.807, 2.05) is 37.3 Å². The molecule has 2 aromatic carbocycles. The van der Waals surface area contributed by atoms with Gasteiger partial charge in [-0.05, 0) is 29.7 Å². The fourth-order valence-corrected chi connectivity index (χ4v) is 3.51. The highest BCUT2D eigenvalue weighted by molar-refractivity contribution is 7.90. The maximum absolute atomic E-state index is 13.0. The van der Waals surface area contributed by atoms with E-state index in [9.17, 15) is 13.2 Å². The Balaban J connectivity index is 2.03. The van der Waals surface area contributed by atoms with E-state index >= 15 is 0 Å². The van der Waals surface area contributed by atoms with Crippen LogP contribution in [0.15, 0.2) is 70.5 Å². The summed E-state index contributed by atoms with van der Waals surface area (Å²) in [7, 11) is -3.27. The molecule has 0 atom stereocenters. The van der Waals surface area contributed by atoms with Crippen LogP contribution in [0.1, 0.15) is 18.9 Å². The highest BCUT2D eigenvalue weighted by atomic mass is 32.2. The van der Waals surface area contributed by atoms with Crippen molar-refractivity contribution in [3.05, 3.63) is 76.7 Å². The summed E-state index contributed by atoms with van der Waals surface area (Å²) in [6.07, 6.45) is 3.69. The second kappa shape index (κ2) is 8.39. The fourth-order valence-electron chi connectivity index (χ4n) is 2.88. The Bertz CT molecular complexity index is 1110. The molecule has 0 radical (unpaired) electrons. The zero-order valence-electron chi connectivity index (χ0n) is 15.9. The average molecular weight is 398 g/mol. The zero-order chi connectivity index (χ0) is 20.1. The van der Waals surface area contributed by atoms with Crippen LogP contribution in [0.25, 0.3) is 11.1 Å². The fraction of sp³-hybridized carbons (Fsp3) is 0.238. The first-order chi connectivity index (χ1) is 13.4. The summed E-state index contributed by atoms with van der Waals surface area (Å²) < 4.78 is 24.8. The van der Waals surface area contributed by atoms with Gasteiger partial charge >= 0.3 is 0 Å². The minimum atomic E-state index is -3.27. The minimum Gasteiger partial charge on any atom is -0.380 e. The van der Waals surface area contributed by atoms with Crippen molar-refractivity contribution in [3.63, 3.8) is 0 Å². The molecule has 6 nitrogen and oxygen atoms in total. The molecule has 0 bridgehead atoms. The van der Waals surface area contributed by atoms with E-state index in [4.69, 9.17) is 0 Å². The molecule has 0 aliphatic rings. The number of nitrogens with one attached hydrogen (secondary N) is 1. The Labute approximate surface area is 164 Å². The standard InChI is InChI=1S/C21H23N3O3S/c1-3-13-22-20-19(17-9-11-18(12-10-17)28(2,26)27)14-23-24(21(20)25)15-16-7-5-4-6-8-16/h4-12,14,22H,3,13,15H2,1-2H3. The highest BCUT2D eigenvalue weighted by Crippen LogP contribution is 2.26. The van der Waals surface area contributed by atoms with Gasteiger partial charge in [0, 0.05) is 18.4 Å². The lowest BCUT2D eigenvalue weighted by Gasteiger charge is -2.14. The minimum absolute atomic E-state index is 0.206. The third-order valence-corrected chi connectivity index (χ3v) is 5.49. The van der Waals surface area contributed by atoms with Crippen molar-refractivity contribution >= 4 is 15.5 Å². The SMILES string of the molecule is CCCNc1c(-c2ccc(S(C)(=O)=O)cc2)cnn(Cc2ccccc2)c1=O. The van der Waals surface area contributed by atoms with Crippen LogP contribution >= 0.6 is 0 Å². The van der Waals surface area contributed by atoms with Gasteiger partial charge in [-0.1, -0.05) is 49.4 Å². The van der Waals surface area contributed by atoms with Crippen molar-refractivity contribution in [2.24, 2.45) is 0 Å². The summed E-state index contributed by atoms with van der Waals surface area (Å²) in [6.45, 7) is 3.06. The number of benzene rings is 2. The molecule has 1 heterocycles. The molecule has 1 aromatic heterocycles.